The summed E-state index contributed by atoms with van der Waals surface area (Å²) in [6.07, 6.45) is 0. The number of aromatic nitrogens is 2. The molecule has 1 atom stereocenters. The van der Waals surface area contributed by atoms with Gasteiger partial charge in [-0.1, -0.05) is 39.0 Å². The Morgan fingerprint density at radius 1 is 1.17 bits per heavy atom. The summed E-state index contributed by atoms with van der Waals surface area (Å²) >= 11 is 0. The van der Waals surface area contributed by atoms with Crippen LogP contribution in [0.15, 0.2) is 53.3 Å². The van der Waals surface area contributed by atoms with Crippen LogP contribution in [0.4, 0.5) is 5.69 Å². The molecule has 0 unspecified atom stereocenters. The first kappa shape index (κ1) is 20.4. The largest absolute Gasteiger partial charge is 0.497 e. The second-order valence-corrected chi connectivity index (χ2v) is 7.94. The minimum atomic E-state index is -0.422. The third-order valence-corrected chi connectivity index (χ3v) is 4.75. The number of fused-ring (bicyclic) bond motifs is 1. The van der Waals surface area contributed by atoms with Gasteiger partial charge >= 0.3 is 0 Å². The molecule has 1 amide bonds. The fourth-order valence-corrected chi connectivity index (χ4v) is 2.96. The molecular weight excluding hydrogens is 368 g/mol. The molecule has 0 aliphatic heterocycles. The molecule has 0 saturated heterocycles. The first-order valence-electron chi connectivity index (χ1n) is 9.46. The number of rotatable bonds is 6. The number of ether oxygens (including phenoxy) is 1. The molecule has 3 aromatic rings. The van der Waals surface area contributed by atoms with Crippen molar-refractivity contribution >= 4 is 22.5 Å². The van der Waals surface area contributed by atoms with Crippen LogP contribution in [0, 0.1) is 5.41 Å². The van der Waals surface area contributed by atoms with Crippen LogP contribution in [0.25, 0.3) is 10.9 Å². The number of amides is 1. The van der Waals surface area contributed by atoms with Gasteiger partial charge in [-0.3, -0.25) is 9.59 Å². The predicted octanol–water partition coefficient (Wildman–Crippen LogP) is 3.19. The molecule has 0 aliphatic carbocycles. The quantitative estimate of drug-likeness (QED) is 0.597. The van der Waals surface area contributed by atoms with E-state index in [-0.39, 0.29) is 22.8 Å². The van der Waals surface area contributed by atoms with Gasteiger partial charge in [0.1, 0.15) is 5.75 Å². The summed E-state index contributed by atoms with van der Waals surface area (Å²) in [6, 6.07) is 14.5. The van der Waals surface area contributed by atoms with Gasteiger partial charge in [0.25, 0.3) is 11.5 Å². The van der Waals surface area contributed by atoms with Crippen LogP contribution >= 0.6 is 0 Å². The van der Waals surface area contributed by atoms with Gasteiger partial charge in [0.05, 0.1) is 18.0 Å². The molecule has 1 aromatic heterocycles. The van der Waals surface area contributed by atoms with Crippen LogP contribution in [0.3, 0.4) is 0 Å². The maximum atomic E-state index is 12.6. The van der Waals surface area contributed by atoms with Crippen molar-refractivity contribution in [1.82, 2.24) is 15.3 Å². The van der Waals surface area contributed by atoms with Crippen molar-refractivity contribution in [2.45, 2.75) is 26.8 Å². The third-order valence-electron chi connectivity index (χ3n) is 4.75. The van der Waals surface area contributed by atoms with E-state index in [0.717, 1.165) is 11.4 Å². The van der Waals surface area contributed by atoms with E-state index in [2.05, 4.69) is 41.4 Å². The Morgan fingerprint density at radius 2 is 1.93 bits per heavy atom. The summed E-state index contributed by atoms with van der Waals surface area (Å²) in [6.45, 7) is 6.63. The number of para-hydroxylation sites is 1. The van der Waals surface area contributed by atoms with Crippen molar-refractivity contribution in [3.63, 3.8) is 0 Å². The molecule has 0 fully saturated rings. The summed E-state index contributed by atoms with van der Waals surface area (Å²) < 4.78 is 5.27. The average Bonchev–Trinajstić information content (AvgIpc) is 2.70. The van der Waals surface area contributed by atoms with E-state index in [0.29, 0.717) is 17.4 Å². The monoisotopic (exact) mass is 394 g/mol. The molecule has 0 spiro atoms. The van der Waals surface area contributed by atoms with E-state index in [4.69, 9.17) is 4.74 Å². The fraction of sp³-hybridized carbons (Fsp3) is 0.318. The lowest BCUT2D eigenvalue weighted by atomic mass is 9.86. The lowest BCUT2D eigenvalue weighted by Crippen LogP contribution is -2.44. The van der Waals surface area contributed by atoms with Crippen molar-refractivity contribution in [3.05, 3.63) is 64.7 Å². The van der Waals surface area contributed by atoms with Crippen molar-refractivity contribution in [2.24, 2.45) is 5.41 Å². The van der Waals surface area contributed by atoms with E-state index in [1.165, 1.54) is 0 Å². The van der Waals surface area contributed by atoms with E-state index in [1.54, 1.807) is 31.4 Å². The number of anilines is 1. The fourth-order valence-electron chi connectivity index (χ4n) is 2.96. The number of carbonyl (C=O) groups is 1. The molecule has 7 nitrogen and oxygen atoms in total. The number of aromatic amines is 1. The van der Waals surface area contributed by atoms with Crippen LogP contribution in [0.5, 0.6) is 5.75 Å². The average molecular weight is 394 g/mol. The van der Waals surface area contributed by atoms with E-state index >= 15 is 0 Å². The van der Waals surface area contributed by atoms with Gasteiger partial charge in [-0.25, -0.2) is 4.98 Å². The minimum Gasteiger partial charge on any atom is -0.497 e. The van der Waals surface area contributed by atoms with Gasteiger partial charge in [0, 0.05) is 24.3 Å². The summed E-state index contributed by atoms with van der Waals surface area (Å²) in [4.78, 5) is 31.7. The maximum Gasteiger partial charge on any atom is 0.287 e. The van der Waals surface area contributed by atoms with Crippen molar-refractivity contribution in [1.29, 1.82) is 0 Å². The maximum absolute atomic E-state index is 12.6. The summed E-state index contributed by atoms with van der Waals surface area (Å²) in [5, 5.41) is 6.79. The highest BCUT2D eigenvalue weighted by Gasteiger charge is 2.25. The molecule has 29 heavy (non-hydrogen) atoms. The van der Waals surface area contributed by atoms with Crippen LogP contribution in [0.2, 0.25) is 0 Å². The van der Waals surface area contributed by atoms with Gasteiger partial charge in [-0.15, -0.1) is 0 Å². The minimum absolute atomic E-state index is 0.00254. The number of hydrogen-bond acceptors (Lipinski definition) is 5. The Kier molecular flexibility index (Phi) is 5.87. The van der Waals surface area contributed by atoms with Crippen molar-refractivity contribution in [3.8, 4) is 5.75 Å². The molecule has 2 aromatic carbocycles. The molecule has 3 rings (SSSR count). The number of benzene rings is 2. The second kappa shape index (κ2) is 8.34. The number of nitrogens with zero attached hydrogens (tertiary/aromatic N) is 1. The standard InChI is InChI=1S/C22H26N4O3/c1-22(2,3)18(24-14-8-7-9-15(12-14)29-4)13-23-21(28)19-25-17-11-6-5-10-16(17)20(27)26-19/h5-12,18,24H,13H2,1-4H3,(H,23,28)(H,25,26,27)/t18-/m1/s1. The number of hydrogen-bond donors (Lipinski definition) is 3. The Morgan fingerprint density at radius 3 is 2.66 bits per heavy atom. The van der Waals surface area contributed by atoms with Crippen LogP contribution in [0.1, 0.15) is 31.4 Å². The third kappa shape index (κ3) is 4.93. The Bertz CT molecular complexity index is 1070. The van der Waals surface area contributed by atoms with Gasteiger partial charge in [-0.2, -0.15) is 0 Å². The number of nitrogens with one attached hydrogen (secondary N) is 3. The molecule has 1 heterocycles. The Hall–Kier alpha value is -3.35. The molecule has 0 aliphatic rings. The zero-order valence-corrected chi connectivity index (χ0v) is 17.1. The molecule has 7 heteroatoms. The van der Waals surface area contributed by atoms with E-state index in [1.807, 2.05) is 24.3 Å². The molecule has 0 saturated carbocycles. The lowest BCUT2D eigenvalue weighted by Gasteiger charge is -2.32. The Balaban J connectivity index is 1.75. The highest BCUT2D eigenvalue weighted by Crippen LogP contribution is 2.25. The lowest BCUT2D eigenvalue weighted by molar-refractivity contribution is 0.0936. The number of carbonyl (C=O) groups excluding carboxylic acids is 1. The van der Waals surface area contributed by atoms with Crippen LogP contribution in [-0.2, 0) is 0 Å². The smallest absolute Gasteiger partial charge is 0.287 e. The first-order chi connectivity index (χ1) is 13.8. The van der Waals surface area contributed by atoms with Gasteiger partial charge in [0.15, 0.2) is 5.82 Å². The van der Waals surface area contributed by atoms with Crippen molar-refractivity contribution < 1.29 is 9.53 Å². The predicted molar refractivity (Wildman–Crippen MR) is 115 cm³/mol. The highest BCUT2D eigenvalue weighted by atomic mass is 16.5. The molecule has 3 N–H and O–H groups in total. The summed E-state index contributed by atoms with van der Waals surface area (Å²) in [7, 11) is 1.62. The molecule has 0 radical (unpaired) electrons. The molecule has 0 bridgehead atoms. The van der Waals surface area contributed by atoms with Crippen LogP contribution in [-0.4, -0.2) is 35.6 Å². The summed E-state index contributed by atoms with van der Waals surface area (Å²) in [5.41, 5.74) is 0.919. The first-order valence-corrected chi connectivity index (χ1v) is 9.46. The van der Waals surface area contributed by atoms with Gasteiger partial charge < -0.3 is 20.4 Å². The van der Waals surface area contributed by atoms with Crippen molar-refractivity contribution in [2.75, 3.05) is 19.0 Å². The molecular formula is C22H26N4O3. The highest BCUT2D eigenvalue weighted by molar-refractivity contribution is 5.92. The van der Waals surface area contributed by atoms with E-state index in [9.17, 15) is 9.59 Å². The summed E-state index contributed by atoms with van der Waals surface area (Å²) in [5.74, 6) is 0.335. The second-order valence-electron chi connectivity index (χ2n) is 7.94. The SMILES string of the molecule is COc1cccc(N[C@H](CNC(=O)c2nc3ccccc3c(=O)[nH]2)C(C)(C)C)c1. The van der Waals surface area contributed by atoms with Gasteiger partial charge in [-0.05, 0) is 29.7 Å². The normalized spacial score (nSPS) is 12.4. The number of methoxy groups -OCH3 is 1. The molecule has 152 valence electrons. The Labute approximate surface area is 169 Å². The zero-order valence-electron chi connectivity index (χ0n) is 17.1. The van der Waals surface area contributed by atoms with Crippen LogP contribution < -0.4 is 20.9 Å². The van der Waals surface area contributed by atoms with Gasteiger partial charge in [0.2, 0.25) is 0 Å². The zero-order chi connectivity index (χ0) is 21.0. The van der Waals surface area contributed by atoms with E-state index < -0.39 is 5.91 Å². The topological polar surface area (TPSA) is 96.1 Å². The number of H-pyrrole nitrogens is 1.